The van der Waals surface area contributed by atoms with Crippen molar-refractivity contribution in [2.75, 3.05) is 7.11 Å². The first-order chi connectivity index (χ1) is 9.26. The summed E-state index contributed by atoms with van der Waals surface area (Å²) in [6, 6.07) is 18.5. The van der Waals surface area contributed by atoms with Gasteiger partial charge in [0.15, 0.2) is 0 Å². The molecule has 2 heteroatoms. The first kappa shape index (κ1) is 11.7. The number of methoxy groups -OCH3 is 1. The highest BCUT2D eigenvalue weighted by atomic mass is 16.5. The highest BCUT2D eigenvalue weighted by molar-refractivity contribution is 5.82. The molecule has 94 valence electrons. The van der Waals surface area contributed by atoms with Gasteiger partial charge in [-0.15, -0.1) is 0 Å². The van der Waals surface area contributed by atoms with Crippen molar-refractivity contribution in [3.05, 3.63) is 60.2 Å². The van der Waals surface area contributed by atoms with E-state index >= 15 is 0 Å². The quantitative estimate of drug-likeness (QED) is 0.678. The Morgan fingerprint density at radius 2 is 1.84 bits per heavy atom. The molecule has 0 N–H and O–H groups in total. The summed E-state index contributed by atoms with van der Waals surface area (Å²) in [4.78, 5) is 4.71. The average molecular weight is 249 g/mol. The molecule has 3 aromatic rings. The topological polar surface area (TPSA) is 22.1 Å². The summed E-state index contributed by atoms with van der Waals surface area (Å²) in [7, 11) is 1.68. The van der Waals surface area contributed by atoms with Crippen molar-refractivity contribution in [1.29, 1.82) is 0 Å². The third-order valence-electron chi connectivity index (χ3n) is 3.21. The Hall–Kier alpha value is -2.35. The van der Waals surface area contributed by atoms with Gasteiger partial charge >= 0.3 is 0 Å². The maximum Gasteiger partial charge on any atom is 0.119 e. The van der Waals surface area contributed by atoms with Crippen molar-refractivity contribution in [1.82, 2.24) is 4.98 Å². The van der Waals surface area contributed by atoms with Crippen LogP contribution in [0.2, 0.25) is 0 Å². The largest absolute Gasteiger partial charge is 0.497 e. The van der Waals surface area contributed by atoms with Crippen LogP contribution in [0.15, 0.2) is 54.6 Å². The predicted octanol–water partition coefficient (Wildman–Crippen LogP) is 4.22. The van der Waals surface area contributed by atoms with Crippen molar-refractivity contribution in [2.24, 2.45) is 0 Å². The van der Waals surface area contributed by atoms with Crippen LogP contribution in [0.1, 0.15) is 5.56 Å². The molecule has 0 atom stereocenters. The number of nitrogens with zero attached hydrogens (tertiary/aromatic N) is 1. The van der Waals surface area contributed by atoms with Crippen LogP contribution in [0, 0.1) is 6.92 Å². The molecule has 2 nitrogen and oxygen atoms in total. The van der Waals surface area contributed by atoms with E-state index in [0.29, 0.717) is 0 Å². The highest BCUT2D eigenvalue weighted by Gasteiger charge is 2.02. The molecule has 0 amide bonds. The van der Waals surface area contributed by atoms with Crippen LogP contribution in [0.25, 0.3) is 22.2 Å². The van der Waals surface area contributed by atoms with E-state index < -0.39 is 0 Å². The molecule has 0 unspecified atom stereocenters. The molecule has 0 radical (unpaired) electrons. The second kappa shape index (κ2) is 4.73. The molecule has 2 aromatic carbocycles. The SMILES string of the molecule is COc1ccc2nc(-c3cccc(C)c3)ccc2c1. The number of aromatic nitrogens is 1. The van der Waals surface area contributed by atoms with Gasteiger partial charge in [0.1, 0.15) is 5.75 Å². The fourth-order valence-electron chi connectivity index (χ4n) is 2.20. The summed E-state index contributed by atoms with van der Waals surface area (Å²) in [5.41, 5.74) is 4.38. The zero-order valence-electron chi connectivity index (χ0n) is 11.1. The standard InChI is InChI=1S/C17H15NO/c1-12-4-3-5-13(10-12)16-8-6-14-11-15(19-2)7-9-17(14)18-16/h3-11H,1-2H3. The van der Waals surface area contributed by atoms with Crippen LogP contribution < -0.4 is 4.74 Å². The van der Waals surface area contributed by atoms with E-state index in [1.165, 1.54) is 5.56 Å². The molecule has 0 saturated carbocycles. The van der Waals surface area contributed by atoms with E-state index in [4.69, 9.17) is 9.72 Å². The lowest BCUT2D eigenvalue weighted by Gasteiger charge is -2.05. The minimum absolute atomic E-state index is 0.859. The van der Waals surface area contributed by atoms with Gasteiger partial charge in [0, 0.05) is 10.9 Å². The third-order valence-corrected chi connectivity index (χ3v) is 3.21. The van der Waals surface area contributed by atoms with Crippen molar-refractivity contribution in [2.45, 2.75) is 6.92 Å². The molecular formula is C17H15NO. The van der Waals surface area contributed by atoms with Gasteiger partial charge in [-0.25, -0.2) is 4.98 Å². The molecule has 0 bridgehead atoms. The van der Waals surface area contributed by atoms with E-state index in [-0.39, 0.29) is 0 Å². The van der Waals surface area contributed by atoms with Gasteiger partial charge in [0.2, 0.25) is 0 Å². The molecule has 1 aromatic heterocycles. The Morgan fingerprint density at radius 3 is 2.63 bits per heavy atom. The molecule has 0 saturated heterocycles. The molecule has 0 aliphatic heterocycles. The Morgan fingerprint density at radius 1 is 0.947 bits per heavy atom. The summed E-state index contributed by atoms with van der Waals surface area (Å²) >= 11 is 0. The monoisotopic (exact) mass is 249 g/mol. The van der Waals surface area contributed by atoms with Gasteiger partial charge in [-0.3, -0.25) is 0 Å². The van der Waals surface area contributed by atoms with Crippen LogP contribution in [-0.2, 0) is 0 Å². The summed E-state index contributed by atoms with van der Waals surface area (Å²) in [6.07, 6.45) is 0. The molecule has 0 fully saturated rings. The summed E-state index contributed by atoms with van der Waals surface area (Å²) in [5.74, 6) is 0.859. The van der Waals surface area contributed by atoms with E-state index in [2.05, 4.69) is 43.3 Å². The van der Waals surface area contributed by atoms with Crippen LogP contribution in [0.4, 0.5) is 0 Å². The van der Waals surface area contributed by atoms with E-state index in [1.807, 2.05) is 18.2 Å². The minimum atomic E-state index is 0.859. The summed E-state index contributed by atoms with van der Waals surface area (Å²) < 4.78 is 5.23. The summed E-state index contributed by atoms with van der Waals surface area (Å²) in [5, 5.41) is 1.09. The first-order valence-corrected chi connectivity index (χ1v) is 6.28. The molecular weight excluding hydrogens is 234 g/mol. The van der Waals surface area contributed by atoms with E-state index in [1.54, 1.807) is 7.11 Å². The number of aryl methyl sites for hydroxylation is 1. The second-order valence-corrected chi connectivity index (χ2v) is 4.62. The molecule has 19 heavy (non-hydrogen) atoms. The summed E-state index contributed by atoms with van der Waals surface area (Å²) in [6.45, 7) is 2.09. The number of rotatable bonds is 2. The minimum Gasteiger partial charge on any atom is -0.497 e. The zero-order valence-corrected chi connectivity index (χ0v) is 11.1. The Kier molecular flexibility index (Phi) is 2.92. The molecule has 3 rings (SSSR count). The van der Waals surface area contributed by atoms with Gasteiger partial charge in [0.05, 0.1) is 18.3 Å². The predicted molar refractivity (Wildman–Crippen MR) is 78.5 cm³/mol. The zero-order chi connectivity index (χ0) is 13.2. The van der Waals surface area contributed by atoms with Crippen LogP contribution in [0.3, 0.4) is 0 Å². The van der Waals surface area contributed by atoms with Gasteiger partial charge in [-0.1, -0.05) is 29.8 Å². The molecule has 0 aliphatic carbocycles. The lowest BCUT2D eigenvalue weighted by Crippen LogP contribution is -1.87. The smallest absolute Gasteiger partial charge is 0.119 e. The lowest BCUT2D eigenvalue weighted by atomic mass is 10.1. The van der Waals surface area contributed by atoms with Crippen LogP contribution in [0.5, 0.6) is 5.75 Å². The van der Waals surface area contributed by atoms with Gasteiger partial charge in [-0.05, 0) is 37.3 Å². The Labute approximate surface area is 112 Å². The third kappa shape index (κ3) is 2.29. The molecule has 0 spiro atoms. The van der Waals surface area contributed by atoms with Crippen LogP contribution >= 0.6 is 0 Å². The lowest BCUT2D eigenvalue weighted by molar-refractivity contribution is 0.415. The number of hydrogen-bond acceptors (Lipinski definition) is 2. The van der Waals surface area contributed by atoms with Crippen molar-refractivity contribution in [3.63, 3.8) is 0 Å². The highest BCUT2D eigenvalue weighted by Crippen LogP contribution is 2.24. The number of ether oxygens (including phenoxy) is 1. The fraction of sp³-hybridized carbons (Fsp3) is 0.118. The fourth-order valence-corrected chi connectivity index (χ4v) is 2.20. The van der Waals surface area contributed by atoms with E-state index in [0.717, 1.165) is 27.9 Å². The van der Waals surface area contributed by atoms with Crippen molar-refractivity contribution < 1.29 is 4.74 Å². The van der Waals surface area contributed by atoms with Crippen molar-refractivity contribution in [3.8, 4) is 17.0 Å². The average Bonchev–Trinajstić information content (AvgIpc) is 2.46. The van der Waals surface area contributed by atoms with Crippen LogP contribution in [-0.4, -0.2) is 12.1 Å². The van der Waals surface area contributed by atoms with E-state index in [9.17, 15) is 0 Å². The number of fused-ring (bicyclic) bond motifs is 1. The van der Waals surface area contributed by atoms with Crippen molar-refractivity contribution >= 4 is 10.9 Å². The maximum absolute atomic E-state index is 5.23. The molecule has 0 aliphatic rings. The number of benzene rings is 2. The normalized spacial score (nSPS) is 10.6. The number of pyridine rings is 1. The first-order valence-electron chi connectivity index (χ1n) is 6.28. The Bertz CT molecular complexity index is 734. The van der Waals surface area contributed by atoms with Gasteiger partial charge < -0.3 is 4.74 Å². The van der Waals surface area contributed by atoms with Gasteiger partial charge in [0.25, 0.3) is 0 Å². The Balaban J connectivity index is 2.11. The second-order valence-electron chi connectivity index (χ2n) is 4.62. The van der Waals surface area contributed by atoms with Gasteiger partial charge in [-0.2, -0.15) is 0 Å². The number of hydrogen-bond donors (Lipinski definition) is 0. The maximum atomic E-state index is 5.23. The molecule has 1 heterocycles.